The summed E-state index contributed by atoms with van der Waals surface area (Å²) in [6.45, 7) is 8.69. The van der Waals surface area contributed by atoms with Crippen LogP contribution in [0.25, 0.3) is 0 Å². The monoisotopic (exact) mass is 516 g/mol. The van der Waals surface area contributed by atoms with Crippen LogP contribution >= 0.6 is 24.0 Å². The van der Waals surface area contributed by atoms with Crippen LogP contribution in [0.15, 0.2) is 29.3 Å². The zero-order valence-electron chi connectivity index (χ0n) is 16.1. The lowest BCUT2D eigenvalue weighted by Crippen LogP contribution is -2.49. The van der Waals surface area contributed by atoms with E-state index in [2.05, 4.69) is 32.2 Å². The molecule has 1 aliphatic rings. The zero-order chi connectivity index (χ0) is 19.7. The van der Waals surface area contributed by atoms with Crippen molar-refractivity contribution in [1.29, 1.82) is 0 Å². The Hall–Kier alpha value is -1.27. The maximum Gasteiger partial charge on any atom is 0.573 e. The van der Waals surface area contributed by atoms with Crippen LogP contribution in [0.5, 0.6) is 5.75 Å². The fourth-order valence-electron chi connectivity index (χ4n) is 2.76. The lowest BCUT2D eigenvalue weighted by molar-refractivity contribution is -0.274. The number of hydrogen-bond acceptors (Lipinski definition) is 4. The Labute approximate surface area is 180 Å². The van der Waals surface area contributed by atoms with Crippen molar-refractivity contribution in [3.8, 4) is 5.75 Å². The van der Waals surface area contributed by atoms with Gasteiger partial charge in [-0.25, -0.2) is 4.99 Å². The van der Waals surface area contributed by atoms with Gasteiger partial charge in [-0.15, -0.1) is 37.1 Å². The van der Waals surface area contributed by atoms with Gasteiger partial charge in [-0.05, 0) is 19.9 Å². The summed E-state index contributed by atoms with van der Waals surface area (Å²) in [5.74, 6) is 0.325. The molecule has 28 heavy (non-hydrogen) atoms. The standard InChI is InChI=1S/C18H27F3N4O2.HI/c1-3-22-17(23-12-14(2)25-8-10-26-11-9-25)24-13-15-6-4-5-7-16(15)27-18(19,20)21;/h4-7,14H,3,8-13H2,1-2H3,(H2,22,23,24);1H. The van der Waals surface area contributed by atoms with Gasteiger partial charge in [-0.3, -0.25) is 4.90 Å². The molecule has 1 atom stereocenters. The van der Waals surface area contributed by atoms with E-state index in [0.29, 0.717) is 30.7 Å². The molecule has 2 rings (SSSR count). The second-order valence-corrected chi connectivity index (χ2v) is 6.23. The van der Waals surface area contributed by atoms with Gasteiger partial charge in [0.1, 0.15) is 5.75 Å². The average Bonchev–Trinajstić information content (AvgIpc) is 2.64. The van der Waals surface area contributed by atoms with Crippen molar-refractivity contribution < 1.29 is 22.6 Å². The summed E-state index contributed by atoms with van der Waals surface area (Å²) in [5.41, 5.74) is 0.369. The van der Waals surface area contributed by atoms with Gasteiger partial charge < -0.3 is 20.1 Å². The van der Waals surface area contributed by atoms with E-state index in [1.165, 1.54) is 12.1 Å². The highest BCUT2D eigenvalue weighted by Crippen LogP contribution is 2.26. The maximum atomic E-state index is 12.5. The molecule has 0 radical (unpaired) electrons. The minimum atomic E-state index is -4.73. The Morgan fingerprint density at radius 3 is 2.57 bits per heavy atom. The fraction of sp³-hybridized carbons (Fsp3) is 0.611. The number of alkyl halides is 3. The number of nitrogens with zero attached hydrogens (tertiary/aromatic N) is 2. The lowest BCUT2D eigenvalue weighted by atomic mass is 10.2. The highest BCUT2D eigenvalue weighted by atomic mass is 127. The van der Waals surface area contributed by atoms with Gasteiger partial charge in [-0.1, -0.05) is 18.2 Å². The topological polar surface area (TPSA) is 58.1 Å². The molecule has 0 aliphatic carbocycles. The van der Waals surface area contributed by atoms with Crippen LogP contribution in [0.4, 0.5) is 13.2 Å². The molecule has 6 nitrogen and oxygen atoms in total. The Kier molecular flexibility index (Phi) is 10.9. The summed E-state index contributed by atoms with van der Waals surface area (Å²) in [6, 6.07) is 6.32. The smallest absolute Gasteiger partial charge is 0.405 e. The first-order valence-corrected chi connectivity index (χ1v) is 9.06. The van der Waals surface area contributed by atoms with E-state index >= 15 is 0 Å². The number of benzene rings is 1. The molecule has 160 valence electrons. The molecule has 1 saturated heterocycles. The number of rotatable bonds is 7. The van der Waals surface area contributed by atoms with Crippen LogP contribution in [0.1, 0.15) is 19.4 Å². The van der Waals surface area contributed by atoms with Gasteiger partial charge in [-0.2, -0.15) is 0 Å². The molecule has 1 aromatic rings. The van der Waals surface area contributed by atoms with Crippen molar-refractivity contribution in [1.82, 2.24) is 15.5 Å². The molecular weight excluding hydrogens is 488 g/mol. The van der Waals surface area contributed by atoms with E-state index in [9.17, 15) is 13.2 Å². The summed E-state index contributed by atoms with van der Waals surface area (Å²) in [6.07, 6.45) is -4.73. The fourth-order valence-corrected chi connectivity index (χ4v) is 2.76. The molecule has 10 heteroatoms. The summed E-state index contributed by atoms with van der Waals surface area (Å²) in [5, 5.41) is 6.36. The average molecular weight is 516 g/mol. The second kappa shape index (κ2) is 12.3. The first-order chi connectivity index (χ1) is 12.9. The number of nitrogens with one attached hydrogen (secondary N) is 2. The summed E-state index contributed by atoms with van der Waals surface area (Å²) < 4.78 is 47.0. The molecule has 1 heterocycles. The number of hydrogen-bond donors (Lipinski definition) is 2. The highest BCUT2D eigenvalue weighted by Gasteiger charge is 2.31. The van der Waals surface area contributed by atoms with Gasteiger partial charge in [0.2, 0.25) is 0 Å². The van der Waals surface area contributed by atoms with Crippen LogP contribution < -0.4 is 15.4 Å². The first kappa shape index (κ1) is 24.8. The molecule has 0 spiro atoms. The number of para-hydroxylation sites is 1. The summed E-state index contributed by atoms with van der Waals surface area (Å²) in [7, 11) is 0. The molecule has 2 N–H and O–H groups in total. The molecule has 1 unspecified atom stereocenters. The number of morpholine rings is 1. The van der Waals surface area contributed by atoms with E-state index in [1.807, 2.05) is 6.92 Å². The van der Waals surface area contributed by atoms with Crippen LogP contribution in [0.2, 0.25) is 0 Å². The van der Waals surface area contributed by atoms with Gasteiger partial charge >= 0.3 is 6.36 Å². The van der Waals surface area contributed by atoms with Gasteiger partial charge in [0, 0.05) is 37.8 Å². The maximum absolute atomic E-state index is 12.5. The van der Waals surface area contributed by atoms with Crippen molar-refractivity contribution >= 4 is 29.9 Å². The van der Waals surface area contributed by atoms with Crippen molar-refractivity contribution in [2.75, 3.05) is 39.4 Å². The number of ether oxygens (including phenoxy) is 2. The molecule has 1 aliphatic heterocycles. The van der Waals surface area contributed by atoms with Crippen molar-refractivity contribution in [3.05, 3.63) is 29.8 Å². The van der Waals surface area contributed by atoms with Crippen LogP contribution in [-0.4, -0.2) is 62.7 Å². The predicted molar refractivity (Wildman–Crippen MR) is 113 cm³/mol. The number of halogens is 4. The normalized spacial score (nSPS) is 16.8. The van der Waals surface area contributed by atoms with Gasteiger partial charge in [0.15, 0.2) is 5.96 Å². The van der Waals surface area contributed by atoms with Crippen LogP contribution in [0, 0.1) is 0 Å². The zero-order valence-corrected chi connectivity index (χ0v) is 18.4. The van der Waals surface area contributed by atoms with Crippen molar-refractivity contribution in [3.63, 3.8) is 0 Å². The summed E-state index contributed by atoms with van der Waals surface area (Å²) >= 11 is 0. The van der Waals surface area contributed by atoms with E-state index in [4.69, 9.17) is 4.74 Å². The molecule has 1 aromatic carbocycles. The lowest BCUT2D eigenvalue weighted by Gasteiger charge is -2.32. The number of aliphatic imine (C=N–C) groups is 1. The molecule has 0 bridgehead atoms. The largest absolute Gasteiger partial charge is 0.573 e. The van der Waals surface area contributed by atoms with Crippen molar-refractivity contribution in [2.24, 2.45) is 4.99 Å². The third-order valence-electron chi connectivity index (χ3n) is 4.18. The predicted octanol–water partition coefficient (Wildman–Crippen LogP) is 2.98. The third kappa shape index (κ3) is 8.82. The minimum Gasteiger partial charge on any atom is -0.405 e. The van der Waals surface area contributed by atoms with Gasteiger partial charge in [0.25, 0.3) is 0 Å². The minimum absolute atomic E-state index is 0. The Bertz CT molecular complexity index is 611. The molecule has 0 saturated carbocycles. The Balaban J connectivity index is 0.00000392. The van der Waals surface area contributed by atoms with Gasteiger partial charge in [0.05, 0.1) is 19.8 Å². The third-order valence-corrected chi connectivity index (χ3v) is 4.18. The Morgan fingerprint density at radius 1 is 1.25 bits per heavy atom. The SMILES string of the molecule is CCNC(=NCc1ccccc1OC(F)(F)F)NCC(C)N1CCOCC1.I. The molecule has 1 fully saturated rings. The van der Waals surface area contributed by atoms with Crippen LogP contribution in [-0.2, 0) is 11.3 Å². The number of guanidine groups is 1. The van der Waals surface area contributed by atoms with E-state index in [1.54, 1.807) is 12.1 Å². The molecule has 0 amide bonds. The Morgan fingerprint density at radius 2 is 1.93 bits per heavy atom. The van der Waals surface area contributed by atoms with E-state index in [0.717, 1.165) is 26.3 Å². The van der Waals surface area contributed by atoms with Crippen LogP contribution in [0.3, 0.4) is 0 Å². The molecular formula is C18H28F3IN4O2. The highest BCUT2D eigenvalue weighted by molar-refractivity contribution is 14.0. The summed E-state index contributed by atoms with van der Waals surface area (Å²) in [4.78, 5) is 6.72. The molecule has 0 aromatic heterocycles. The second-order valence-electron chi connectivity index (χ2n) is 6.23. The van der Waals surface area contributed by atoms with E-state index in [-0.39, 0.29) is 36.3 Å². The quantitative estimate of drug-likeness (QED) is 0.332. The van der Waals surface area contributed by atoms with Crippen molar-refractivity contribution in [2.45, 2.75) is 32.8 Å². The first-order valence-electron chi connectivity index (χ1n) is 9.06. The van der Waals surface area contributed by atoms with E-state index < -0.39 is 6.36 Å².